The molecule has 1 amide bonds. The Morgan fingerprint density at radius 1 is 1.35 bits per heavy atom. The maximum absolute atomic E-state index is 11.6. The number of carbonyl (C=O) groups is 1. The van der Waals surface area contributed by atoms with Crippen LogP contribution in [-0.2, 0) is 4.79 Å². The Balaban J connectivity index is 1.77. The lowest BCUT2D eigenvalue weighted by molar-refractivity contribution is -0.123. The monoisotopic (exact) mass is 233 g/mol. The van der Waals surface area contributed by atoms with Gasteiger partial charge in [0, 0.05) is 6.04 Å². The standard InChI is InChI=1S/C14H19NO2/c1-11-6-2-5-9-13(11)17-10-14(16)15-12-7-3-4-8-12/h2,5-6,9,12H,3-4,7-8,10H2,1H3,(H,15,16). The van der Waals surface area contributed by atoms with E-state index in [0.29, 0.717) is 6.04 Å². The highest BCUT2D eigenvalue weighted by molar-refractivity contribution is 5.77. The number of aryl methyl sites for hydroxylation is 1. The molecule has 1 saturated carbocycles. The lowest BCUT2D eigenvalue weighted by Crippen LogP contribution is -2.36. The molecule has 0 spiro atoms. The van der Waals surface area contributed by atoms with E-state index in [1.54, 1.807) is 0 Å². The maximum Gasteiger partial charge on any atom is 0.258 e. The summed E-state index contributed by atoms with van der Waals surface area (Å²) in [5, 5.41) is 3.00. The van der Waals surface area contributed by atoms with Gasteiger partial charge in [-0.25, -0.2) is 0 Å². The zero-order valence-corrected chi connectivity index (χ0v) is 10.2. The number of hydrogen-bond acceptors (Lipinski definition) is 2. The van der Waals surface area contributed by atoms with Crippen molar-refractivity contribution in [1.29, 1.82) is 0 Å². The van der Waals surface area contributed by atoms with E-state index in [-0.39, 0.29) is 12.5 Å². The van der Waals surface area contributed by atoms with Gasteiger partial charge in [0.15, 0.2) is 6.61 Å². The largest absolute Gasteiger partial charge is 0.484 e. The predicted octanol–water partition coefficient (Wildman–Crippen LogP) is 2.43. The summed E-state index contributed by atoms with van der Waals surface area (Å²) in [5.74, 6) is 0.772. The Hall–Kier alpha value is -1.51. The predicted molar refractivity (Wildman–Crippen MR) is 67.1 cm³/mol. The molecule has 0 radical (unpaired) electrons. The summed E-state index contributed by atoms with van der Waals surface area (Å²) in [7, 11) is 0. The molecular formula is C14H19NO2. The highest BCUT2D eigenvalue weighted by Gasteiger charge is 2.17. The SMILES string of the molecule is Cc1ccccc1OCC(=O)NC1CCCC1. The quantitative estimate of drug-likeness (QED) is 0.867. The van der Waals surface area contributed by atoms with E-state index in [1.165, 1.54) is 12.8 Å². The van der Waals surface area contributed by atoms with E-state index < -0.39 is 0 Å². The van der Waals surface area contributed by atoms with Crippen LogP contribution in [0.5, 0.6) is 5.75 Å². The third kappa shape index (κ3) is 3.48. The molecule has 3 heteroatoms. The van der Waals surface area contributed by atoms with Crippen molar-refractivity contribution in [3.05, 3.63) is 29.8 Å². The number of carbonyl (C=O) groups excluding carboxylic acids is 1. The summed E-state index contributed by atoms with van der Waals surface area (Å²) < 4.78 is 5.50. The molecule has 1 aromatic rings. The van der Waals surface area contributed by atoms with Crippen LogP contribution in [0.4, 0.5) is 0 Å². The summed E-state index contributed by atoms with van der Waals surface area (Å²) in [6.45, 7) is 2.09. The molecule has 0 aromatic heterocycles. The molecule has 2 rings (SSSR count). The molecule has 17 heavy (non-hydrogen) atoms. The summed E-state index contributed by atoms with van der Waals surface area (Å²) >= 11 is 0. The normalized spacial score (nSPS) is 15.8. The molecule has 0 bridgehead atoms. The van der Waals surface area contributed by atoms with Crippen LogP contribution in [-0.4, -0.2) is 18.6 Å². The van der Waals surface area contributed by atoms with Crippen LogP contribution < -0.4 is 10.1 Å². The lowest BCUT2D eigenvalue weighted by atomic mass is 10.2. The third-order valence-electron chi connectivity index (χ3n) is 3.17. The Morgan fingerprint density at radius 3 is 2.76 bits per heavy atom. The number of rotatable bonds is 4. The van der Waals surface area contributed by atoms with Gasteiger partial charge in [-0.2, -0.15) is 0 Å². The van der Waals surface area contributed by atoms with Gasteiger partial charge in [0.1, 0.15) is 5.75 Å². The van der Waals surface area contributed by atoms with Crippen molar-refractivity contribution in [2.75, 3.05) is 6.61 Å². The van der Waals surface area contributed by atoms with Gasteiger partial charge in [-0.05, 0) is 31.4 Å². The van der Waals surface area contributed by atoms with Gasteiger partial charge in [0.25, 0.3) is 5.91 Å². The van der Waals surface area contributed by atoms with Gasteiger partial charge in [-0.15, -0.1) is 0 Å². The van der Waals surface area contributed by atoms with E-state index in [4.69, 9.17) is 4.74 Å². The average molecular weight is 233 g/mol. The summed E-state index contributed by atoms with van der Waals surface area (Å²) in [4.78, 5) is 11.6. The van der Waals surface area contributed by atoms with Crippen LogP contribution in [0.25, 0.3) is 0 Å². The highest BCUT2D eigenvalue weighted by Crippen LogP contribution is 2.18. The number of ether oxygens (including phenoxy) is 1. The minimum atomic E-state index is -0.0137. The Morgan fingerprint density at radius 2 is 2.06 bits per heavy atom. The molecule has 1 fully saturated rings. The molecule has 1 aliphatic rings. The number of para-hydroxylation sites is 1. The first-order valence-corrected chi connectivity index (χ1v) is 6.23. The molecule has 0 unspecified atom stereocenters. The zero-order chi connectivity index (χ0) is 12.1. The van der Waals surface area contributed by atoms with E-state index in [9.17, 15) is 4.79 Å². The van der Waals surface area contributed by atoms with Crippen molar-refractivity contribution in [3.8, 4) is 5.75 Å². The molecule has 0 aliphatic heterocycles. The van der Waals surface area contributed by atoms with Gasteiger partial charge >= 0.3 is 0 Å². The summed E-state index contributed by atoms with van der Waals surface area (Å²) in [6, 6.07) is 8.10. The lowest BCUT2D eigenvalue weighted by Gasteiger charge is -2.13. The maximum atomic E-state index is 11.6. The topological polar surface area (TPSA) is 38.3 Å². The zero-order valence-electron chi connectivity index (χ0n) is 10.2. The van der Waals surface area contributed by atoms with Crippen LogP contribution in [0.3, 0.4) is 0 Å². The highest BCUT2D eigenvalue weighted by atomic mass is 16.5. The first-order chi connectivity index (χ1) is 8.25. The Bertz CT molecular complexity index is 384. The molecule has 0 atom stereocenters. The number of nitrogens with one attached hydrogen (secondary N) is 1. The van der Waals surface area contributed by atoms with Crippen molar-refractivity contribution in [2.24, 2.45) is 0 Å². The van der Waals surface area contributed by atoms with Crippen LogP contribution in [0, 0.1) is 6.92 Å². The van der Waals surface area contributed by atoms with Crippen LogP contribution in [0.15, 0.2) is 24.3 Å². The van der Waals surface area contributed by atoms with E-state index in [1.807, 2.05) is 31.2 Å². The average Bonchev–Trinajstić information content (AvgIpc) is 2.81. The van der Waals surface area contributed by atoms with E-state index >= 15 is 0 Å². The first-order valence-electron chi connectivity index (χ1n) is 6.23. The summed E-state index contributed by atoms with van der Waals surface area (Å²) in [5.41, 5.74) is 1.06. The second-order valence-corrected chi connectivity index (χ2v) is 4.60. The Labute approximate surface area is 102 Å². The van der Waals surface area contributed by atoms with Gasteiger partial charge in [-0.3, -0.25) is 4.79 Å². The van der Waals surface area contributed by atoms with E-state index in [0.717, 1.165) is 24.2 Å². The van der Waals surface area contributed by atoms with E-state index in [2.05, 4.69) is 5.32 Å². The smallest absolute Gasteiger partial charge is 0.258 e. The van der Waals surface area contributed by atoms with Crippen molar-refractivity contribution in [1.82, 2.24) is 5.32 Å². The van der Waals surface area contributed by atoms with Crippen LogP contribution in [0.1, 0.15) is 31.2 Å². The minimum Gasteiger partial charge on any atom is -0.484 e. The third-order valence-corrected chi connectivity index (χ3v) is 3.17. The number of hydrogen-bond donors (Lipinski definition) is 1. The van der Waals surface area contributed by atoms with Crippen molar-refractivity contribution >= 4 is 5.91 Å². The van der Waals surface area contributed by atoms with Crippen LogP contribution >= 0.6 is 0 Å². The molecule has 1 aliphatic carbocycles. The molecule has 3 nitrogen and oxygen atoms in total. The molecule has 1 aromatic carbocycles. The van der Waals surface area contributed by atoms with Crippen molar-refractivity contribution in [2.45, 2.75) is 38.6 Å². The molecular weight excluding hydrogens is 214 g/mol. The molecule has 1 N–H and O–H groups in total. The molecule has 0 heterocycles. The second kappa shape index (κ2) is 5.71. The van der Waals surface area contributed by atoms with Gasteiger partial charge in [0.2, 0.25) is 0 Å². The summed E-state index contributed by atoms with van der Waals surface area (Å²) in [6.07, 6.45) is 4.67. The van der Waals surface area contributed by atoms with Crippen LogP contribution in [0.2, 0.25) is 0 Å². The number of benzene rings is 1. The number of amides is 1. The molecule has 0 saturated heterocycles. The van der Waals surface area contributed by atoms with Crippen molar-refractivity contribution in [3.63, 3.8) is 0 Å². The fourth-order valence-corrected chi connectivity index (χ4v) is 2.20. The first kappa shape index (κ1) is 12.0. The minimum absolute atomic E-state index is 0.0137. The Kier molecular flexibility index (Phi) is 4.02. The fraction of sp³-hybridized carbons (Fsp3) is 0.500. The van der Waals surface area contributed by atoms with Gasteiger partial charge in [-0.1, -0.05) is 31.0 Å². The van der Waals surface area contributed by atoms with Gasteiger partial charge < -0.3 is 10.1 Å². The van der Waals surface area contributed by atoms with Gasteiger partial charge in [0.05, 0.1) is 0 Å². The second-order valence-electron chi connectivity index (χ2n) is 4.60. The fourth-order valence-electron chi connectivity index (χ4n) is 2.20. The van der Waals surface area contributed by atoms with Crippen molar-refractivity contribution < 1.29 is 9.53 Å². The molecule has 92 valence electrons.